The van der Waals surface area contributed by atoms with Gasteiger partial charge in [-0.1, -0.05) is 19.3 Å². The van der Waals surface area contributed by atoms with E-state index in [1.807, 2.05) is 0 Å². The molecule has 1 spiro atoms. The van der Waals surface area contributed by atoms with E-state index in [0.29, 0.717) is 5.78 Å². The normalized spacial score (nSPS) is 29.2. The molecular weight excluding hydrogens is 188 g/mol. The maximum atomic E-state index is 11.9. The van der Waals surface area contributed by atoms with Gasteiger partial charge in [0.05, 0.1) is 12.4 Å². The molecule has 0 aromatic carbocycles. The first-order chi connectivity index (χ1) is 7.32. The number of Topliss-reactive ketones (excluding diaryl/α,β-unsaturated/α-hetero) is 1. The van der Waals surface area contributed by atoms with Crippen LogP contribution in [0.2, 0.25) is 0 Å². The Morgan fingerprint density at radius 1 is 1.13 bits per heavy atom. The summed E-state index contributed by atoms with van der Waals surface area (Å²) in [7, 11) is 0. The molecule has 0 radical (unpaired) electrons. The van der Waals surface area contributed by atoms with E-state index in [1.54, 1.807) is 0 Å². The molecule has 0 aromatic rings. The molecule has 82 valence electrons. The zero-order valence-electron chi connectivity index (χ0n) is 9.07. The van der Waals surface area contributed by atoms with Crippen LogP contribution in [0.3, 0.4) is 0 Å². The Morgan fingerprint density at radius 2 is 1.93 bits per heavy atom. The summed E-state index contributed by atoms with van der Waals surface area (Å²) in [5.74, 6) is 0.355. The van der Waals surface area contributed by atoms with E-state index in [4.69, 9.17) is 0 Å². The highest BCUT2D eigenvalue weighted by atomic mass is 16.1. The van der Waals surface area contributed by atoms with Crippen LogP contribution >= 0.6 is 0 Å². The van der Waals surface area contributed by atoms with Crippen molar-refractivity contribution in [2.24, 2.45) is 5.41 Å². The maximum Gasteiger partial charge on any atom is 0.179 e. The Morgan fingerprint density at radius 3 is 2.73 bits per heavy atom. The molecule has 1 fully saturated rings. The number of nitrogens with one attached hydrogen (secondary N) is 2. The molecule has 1 aliphatic heterocycles. The minimum atomic E-state index is 0.241. The van der Waals surface area contributed by atoms with Gasteiger partial charge < -0.3 is 5.32 Å². The first-order valence-electron chi connectivity index (χ1n) is 6.03. The van der Waals surface area contributed by atoms with Gasteiger partial charge in [0, 0.05) is 18.4 Å². The zero-order valence-corrected chi connectivity index (χ0v) is 9.07. The lowest BCUT2D eigenvalue weighted by molar-refractivity contribution is -0.116. The van der Waals surface area contributed by atoms with Crippen LogP contribution in [0.25, 0.3) is 0 Å². The number of ketones is 1. The number of carbonyl (C=O) groups excluding carboxylic acids is 1. The van der Waals surface area contributed by atoms with Crippen LogP contribution in [0.1, 0.15) is 38.5 Å². The minimum absolute atomic E-state index is 0.241. The van der Waals surface area contributed by atoms with Crippen LogP contribution < -0.4 is 10.6 Å². The molecule has 3 rings (SSSR count). The molecule has 2 N–H and O–H groups in total. The minimum Gasteiger partial charge on any atom is -0.370 e. The quantitative estimate of drug-likeness (QED) is 0.628. The lowest BCUT2D eigenvalue weighted by Gasteiger charge is -2.36. The van der Waals surface area contributed by atoms with Crippen molar-refractivity contribution in [1.29, 1.82) is 0 Å². The standard InChI is InChI=1S/C12H18N2O/c15-10-6-12(4-2-1-3-5-12)9-7-13-8-14-11(9)10/h13-14H,1-8H2. The van der Waals surface area contributed by atoms with Crippen LogP contribution in [-0.4, -0.2) is 19.0 Å². The first kappa shape index (κ1) is 9.40. The highest BCUT2D eigenvalue weighted by Crippen LogP contribution is 2.50. The van der Waals surface area contributed by atoms with Gasteiger partial charge in [0.2, 0.25) is 0 Å². The predicted molar refractivity (Wildman–Crippen MR) is 58.2 cm³/mol. The second-order valence-corrected chi connectivity index (χ2v) is 5.07. The molecule has 0 bridgehead atoms. The van der Waals surface area contributed by atoms with Crippen LogP contribution in [0.4, 0.5) is 0 Å². The van der Waals surface area contributed by atoms with Crippen molar-refractivity contribution >= 4 is 5.78 Å². The van der Waals surface area contributed by atoms with Crippen molar-refractivity contribution in [3.05, 3.63) is 11.3 Å². The van der Waals surface area contributed by atoms with Crippen LogP contribution in [0, 0.1) is 5.41 Å². The van der Waals surface area contributed by atoms with Gasteiger partial charge in [0.25, 0.3) is 0 Å². The molecule has 15 heavy (non-hydrogen) atoms. The fraction of sp³-hybridized carbons (Fsp3) is 0.750. The highest BCUT2D eigenvalue weighted by Gasteiger charge is 2.46. The van der Waals surface area contributed by atoms with Gasteiger partial charge in [-0.15, -0.1) is 0 Å². The van der Waals surface area contributed by atoms with Gasteiger partial charge in [-0.3, -0.25) is 10.1 Å². The monoisotopic (exact) mass is 206 g/mol. The third kappa shape index (κ3) is 1.33. The Labute approximate surface area is 90.3 Å². The Hall–Kier alpha value is -0.830. The molecular formula is C12H18N2O. The van der Waals surface area contributed by atoms with Crippen LogP contribution in [0.15, 0.2) is 11.3 Å². The largest absolute Gasteiger partial charge is 0.370 e. The first-order valence-corrected chi connectivity index (χ1v) is 6.03. The molecule has 3 nitrogen and oxygen atoms in total. The summed E-state index contributed by atoms with van der Waals surface area (Å²) in [4.78, 5) is 11.9. The van der Waals surface area contributed by atoms with Crippen molar-refractivity contribution in [1.82, 2.24) is 10.6 Å². The SMILES string of the molecule is O=C1CC2(CCCCC2)C2=C1NCNC2. The molecule has 0 unspecified atom stereocenters. The Kier molecular flexibility index (Phi) is 2.09. The lowest BCUT2D eigenvalue weighted by Crippen LogP contribution is -2.39. The van der Waals surface area contributed by atoms with Gasteiger partial charge in [-0.2, -0.15) is 0 Å². The summed E-state index contributed by atoms with van der Waals surface area (Å²) in [6, 6.07) is 0. The summed E-state index contributed by atoms with van der Waals surface area (Å²) >= 11 is 0. The molecule has 3 heteroatoms. The smallest absolute Gasteiger partial charge is 0.179 e. The van der Waals surface area contributed by atoms with E-state index in [9.17, 15) is 4.79 Å². The van der Waals surface area contributed by atoms with Gasteiger partial charge in [0.1, 0.15) is 0 Å². The second kappa shape index (κ2) is 3.34. The predicted octanol–water partition coefficient (Wildman–Crippen LogP) is 1.31. The summed E-state index contributed by atoms with van der Waals surface area (Å²) in [5, 5.41) is 6.55. The van der Waals surface area contributed by atoms with Crippen LogP contribution in [-0.2, 0) is 4.79 Å². The molecule has 1 heterocycles. The van der Waals surface area contributed by atoms with Crippen LogP contribution in [0.5, 0.6) is 0 Å². The van der Waals surface area contributed by atoms with E-state index in [0.717, 1.165) is 25.3 Å². The van der Waals surface area contributed by atoms with Crippen molar-refractivity contribution in [2.75, 3.05) is 13.2 Å². The number of hydrogen-bond donors (Lipinski definition) is 2. The molecule has 0 saturated heterocycles. The summed E-state index contributed by atoms with van der Waals surface area (Å²) in [6.07, 6.45) is 7.15. The number of fused-ring (bicyclic) bond motifs is 1. The van der Waals surface area contributed by atoms with Gasteiger partial charge >= 0.3 is 0 Å². The summed E-state index contributed by atoms with van der Waals surface area (Å²) in [6.45, 7) is 1.68. The van der Waals surface area contributed by atoms with E-state index in [2.05, 4.69) is 10.6 Å². The van der Waals surface area contributed by atoms with Gasteiger partial charge in [-0.05, 0) is 18.4 Å². The van der Waals surface area contributed by atoms with Crippen molar-refractivity contribution in [3.63, 3.8) is 0 Å². The molecule has 2 aliphatic carbocycles. The summed E-state index contributed by atoms with van der Waals surface area (Å²) < 4.78 is 0. The number of carbonyl (C=O) groups is 1. The summed E-state index contributed by atoms with van der Waals surface area (Å²) in [5.41, 5.74) is 2.58. The van der Waals surface area contributed by atoms with E-state index in [-0.39, 0.29) is 5.41 Å². The second-order valence-electron chi connectivity index (χ2n) is 5.07. The van der Waals surface area contributed by atoms with E-state index >= 15 is 0 Å². The number of hydrogen-bond acceptors (Lipinski definition) is 3. The third-order valence-corrected chi connectivity index (χ3v) is 4.22. The van der Waals surface area contributed by atoms with E-state index in [1.165, 1.54) is 37.7 Å². The third-order valence-electron chi connectivity index (χ3n) is 4.22. The van der Waals surface area contributed by atoms with E-state index < -0.39 is 0 Å². The fourth-order valence-electron chi connectivity index (χ4n) is 3.46. The molecule has 1 saturated carbocycles. The Bertz CT molecular complexity index is 327. The molecule has 0 amide bonds. The maximum absolute atomic E-state index is 11.9. The highest BCUT2D eigenvalue weighted by molar-refractivity contribution is 5.99. The topological polar surface area (TPSA) is 41.1 Å². The van der Waals surface area contributed by atoms with Gasteiger partial charge in [-0.25, -0.2) is 0 Å². The average Bonchev–Trinajstić information content (AvgIpc) is 2.55. The van der Waals surface area contributed by atoms with Crippen molar-refractivity contribution in [3.8, 4) is 0 Å². The van der Waals surface area contributed by atoms with Gasteiger partial charge in [0.15, 0.2) is 5.78 Å². The van der Waals surface area contributed by atoms with Crippen molar-refractivity contribution in [2.45, 2.75) is 38.5 Å². The molecule has 3 aliphatic rings. The number of allylic oxidation sites excluding steroid dienone is 1. The average molecular weight is 206 g/mol. The molecule has 0 aromatic heterocycles. The Balaban J connectivity index is 1.97. The number of rotatable bonds is 0. The lowest BCUT2D eigenvalue weighted by atomic mass is 9.69. The molecule has 0 atom stereocenters. The zero-order chi connectivity index (χ0) is 10.3. The van der Waals surface area contributed by atoms with Crippen molar-refractivity contribution < 1.29 is 4.79 Å². The fourth-order valence-corrected chi connectivity index (χ4v) is 3.46.